The average molecular weight is 279 g/mol. The topological polar surface area (TPSA) is 75.4 Å². The third-order valence-corrected chi connectivity index (χ3v) is 3.46. The number of carbonyl (C=O) groups is 1. The Bertz CT molecular complexity index is 605. The van der Waals surface area contributed by atoms with Gasteiger partial charge in [0.2, 0.25) is 0 Å². The number of halogens is 1. The Morgan fingerprint density at radius 1 is 1.37 bits per heavy atom. The van der Waals surface area contributed by atoms with Crippen LogP contribution in [0.4, 0.5) is 0 Å². The fourth-order valence-corrected chi connectivity index (χ4v) is 2.52. The molecule has 1 unspecified atom stereocenters. The molecule has 0 fully saturated rings. The highest BCUT2D eigenvalue weighted by atomic mass is 35.5. The number of carboxylic acid groups (broad SMARTS) is 1. The first kappa shape index (κ1) is 13.5. The van der Waals surface area contributed by atoms with Crippen molar-refractivity contribution in [2.24, 2.45) is 5.73 Å². The fourth-order valence-electron chi connectivity index (χ4n) is 2.33. The summed E-state index contributed by atoms with van der Waals surface area (Å²) in [5.74, 6) is -1.46. The Morgan fingerprint density at radius 3 is 2.63 bits per heavy atom. The van der Waals surface area contributed by atoms with Gasteiger partial charge in [-0.15, -0.1) is 0 Å². The zero-order chi connectivity index (χ0) is 14.2. The molecule has 4 N–H and O–H groups in total. The first-order valence-electron chi connectivity index (χ1n) is 5.84. The van der Waals surface area contributed by atoms with Crippen LogP contribution >= 0.6 is 11.6 Å². The van der Waals surface area contributed by atoms with E-state index < -0.39 is 11.9 Å². The molecule has 1 heterocycles. The van der Waals surface area contributed by atoms with Crippen LogP contribution in [0.15, 0.2) is 46.9 Å². The van der Waals surface area contributed by atoms with Crippen LogP contribution in [0.1, 0.15) is 25.3 Å². The number of hydrogen-bond acceptors (Lipinski definition) is 3. The lowest BCUT2D eigenvalue weighted by molar-refractivity contribution is -0.133. The molecular formula is C14H15ClN2O2. The number of nitrogens with two attached hydrogens (primary N) is 1. The maximum atomic E-state index is 11.5. The van der Waals surface area contributed by atoms with Gasteiger partial charge in [-0.05, 0) is 31.5 Å². The van der Waals surface area contributed by atoms with Gasteiger partial charge >= 0.3 is 5.97 Å². The van der Waals surface area contributed by atoms with Crippen molar-refractivity contribution in [2.75, 3.05) is 0 Å². The van der Waals surface area contributed by atoms with E-state index in [1.54, 1.807) is 25.1 Å². The zero-order valence-electron chi connectivity index (χ0n) is 10.7. The maximum absolute atomic E-state index is 11.5. The van der Waals surface area contributed by atoms with Crippen molar-refractivity contribution in [1.29, 1.82) is 0 Å². The summed E-state index contributed by atoms with van der Waals surface area (Å²) >= 11 is 5.98. The zero-order valence-corrected chi connectivity index (χ0v) is 11.5. The van der Waals surface area contributed by atoms with Crippen LogP contribution in [0.25, 0.3) is 0 Å². The van der Waals surface area contributed by atoms with Crippen molar-refractivity contribution in [1.82, 2.24) is 5.32 Å². The molecule has 0 spiro atoms. The van der Waals surface area contributed by atoms with Gasteiger partial charge in [0, 0.05) is 22.1 Å². The summed E-state index contributed by atoms with van der Waals surface area (Å²) in [7, 11) is 0. The van der Waals surface area contributed by atoms with E-state index in [-0.39, 0.29) is 5.57 Å². The number of carboxylic acids is 1. The Balaban J connectivity index is 2.61. The quantitative estimate of drug-likeness (QED) is 0.777. The highest BCUT2D eigenvalue weighted by molar-refractivity contribution is 6.30. The van der Waals surface area contributed by atoms with E-state index in [0.29, 0.717) is 16.4 Å². The summed E-state index contributed by atoms with van der Waals surface area (Å²) in [5.41, 5.74) is 8.98. The van der Waals surface area contributed by atoms with Gasteiger partial charge in [-0.3, -0.25) is 0 Å². The van der Waals surface area contributed by atoms with Crippen molar-refractivity contribution >= 4 is 17.6 Å². The van der Waals surface area contributed by atoms with E-state index in [2.05, 4.69) is 5.32 Å². The summed E-state index contributed by atoms with van der Waals surface area (Å²) in [5, 5.41) is 13.0. The Hall–Kier alpha value is -1.94. The molecule has 0 bridgehead atoms. The Labute approximate surface area is 116 Å². The second kappa shape index (κ2) is 4.97. The van der Waals surface area contributed by atoms with Gasteiger partial charge in [0.15, 0.2) is 0 Å². The van der Waals surface area contributed by atoms with Crippen molar-refractivity contribution in [3.8, 4) is 0 Å². The molecular weight excluding hydrogens is 264 g/mol. The smallest absolute Gasteiger partial charge is 0.334 e. The maximum Gasteiger partial charge on any atom is 0.334 e. The van der Waals surface area contributed by atoms with Crippen LogP contribution in [0, 0.1) is 0 Å². The van der Waals surface area contributed by atoms with Crippen molar-refractivity contribution in [3.05, 3.63) is 57.5 Å². The van der Waals surface area contributed by atoms with Crippen LogP contribution in [-0.2, 0) is 4.79 Å². The molecule has 0 radical (unpaired) electrons. The molecule has 0 saturated carbocycles. The second-order valence-corrected chi connectivity index (χ2v) is 4.97. The number of dihydropyridines is 1. The Kier molecular flexibility index (Phi) is 3.53. The number of rotatable bonds is 2. The molecule has 1 aliphatic rings. The highest BCUT2D eigenvalue weighted by Crippen LogP contribution is 2.36. The van der Waals surface area contributed by atoms with Gasteiger partial charge in [0.05, 0.1) is 11.5 Å². The van der Waals surface area contributed by atoms with Crippen LogP contribution in [0.5, 0.6) is 0 Å². The lowest BCUT2D eigenvalue weighted by Crippen LogP contribution is -2.31. The molecule has 1 aromatic carbocycles. The number of allylic oxidation sites excluding steroid dienone is 3. The highest BCUT2D eigenvalue weighted by Gasteiger charge is 2.31. The van der Waals surface area contributed by atoms with Gasteiger partial charge in [-0.1, -0.05) is 23.7 Å². The minimum absolute atomic E-state index is 0.255. The molecule has 5 heteroatoms. The summed E-state index contributed by atoms with van der Waals surface area (Å²) < 4.78 is 0. The van der Waals surface area contributed by atoms with Gasteiger partial charge < -0.3 is 16.2 Å². The van der Waals surface area contributed by atoms with Crippen LogP contribution in [0.3, 0.4) is 0 Å². The SMILES string of the molecule is CC1=C(N)C(c2cccc(Cl)c2)C(C(=O)O)=C(C)N1. The van der Waals surface area contributed by atoms with E-state index in [9.17, 15) is 9.90 Å². The molecule has 0 aliphatic carbocycles. The third kappa shape index (κ3) is 2.44. The van der Waals surface area contributed by atoms with Crippen LogP contribution in [-0.4, -0.2) is 11.1 Å². The molecule has 0 aromatic heterocycles. The van der Waals surface area contributed by atoms with E-state index in [0.717, 1.165) is 11.3 Å². The van der Waals surface area contributed by atoms with Crippen LogP contribution in [0.2, 0.25) is 5.02 Å². The number of aliphatic carboxylic acids is 1. The third-order valence-electron chi connectivity index (χ3n) is 3.22. The molecule has 1 aromatic rings. The normalized spacial score (nSPS) is 19.4. The largest absolute Gasteiger partial charge is 0.478 e. The lowest BCUT2D eigenvalue weighted by Gasteiger charge is -2.28. The van der Waals surface area contributed by atoms with Crippen molar-refractivity contribution in [3.63, 3.8) is 0 Å². The first-order chi connectivity index (χ1) is 8.91. The van der Waals surface area contributed by atoms with Crippen molar-refractivity contribution in [2.45, 2.75) is 19.8 Å². The predicted octanol–water partition coefficient (Wildman–Crippen LogP) is 2.58. The Morgan fingerprint density at radius 2 is 2.05 bits per heavy atom. The lowest BCUT2D eigenvalue weighted by atomic mass is 9.84. The van der Waals surface area contributed by atoms with Gasteiger partial charge in [0.25, 0.3) is 0 Å². The van der Waals surface area contributed by atoms with Crippen LogP contribution < -0.4 is 11.1 Å². The van der Waals surface area contributed by atoms with Crippen molar-refractivity contribution < 1.29 is 9.90 Å². The number of nitrogens with one attached hydrogen (secondary N) is 1. The standard InChI is InChI=1S/C14H15ClN2O2/c1-7-11(14(18)19)12(13(16)8(2)17-7)9-4-3-5-10(15)6-9/h3-6,12,17H,16H2,1-2H3,(H,18,19). The summed E-state index contributed by atoms with van der Waals surface area (Å²) in [6.07, 6.45) is 0. The molecule has 4 nitrogen and oxygen atoms in total. The molecule has 0 saturated heterocycles. The van der Waals surface area contributed by atoms with E-state index in [1.807, 2.05) is 13.0 Å². The minimum atomic E-state index is -0.981. The van der Waals surface area contributed by atoms with E-state index in [1.165, 1.54) is 0 Å². The molecule has 1 aliphatic heterocycles. The summed E-state index contributed by atoms with van der Waals surface area (Å²) in [6.45, 7) is 3.56. The minimum Gasteiger partial charge on any atom is -0.478 e. The second-order valence-electron chi connectivity index (χ2n) is 4.54. The molecule has 2 rings (SSSR count). The molecule has 19 heavy (non-hydrogen) atoms. The molecule has 100 valence electrons. The predicted molar refractivity (Wildman–Crippen MR) is 74.6 cm³/mol. The first-order valence-corrected chi connectivity index (χ1v) is 6.22. The summed E-state index contributed by atoms with van der Waals surface area (Å²) in [6, 6.07) is 7.11. The van der Waals surface area contributed by atoms with E-state index in [4.69, 9.17) is 17.3 Å². The van der Waals surface area contributed by atoms with E-state index >= 15 is 0 Å². The van der Waals surface area contributed by atoms with Gasteiger partial charge in [0.1, 0.15) is 0 Å². The fraction of sp³-hybridized carbons (Fsp3) is 0.214. The molecule has 1 atom stereocenters. The number of benzene rings is 1. The average Bonchev–Trinajstić information content (AvgIpc) is 2.32. The summed E-state index contributed by atoms with van der Waals surface area (Å²) in [4.78, 5) is 11.5. The molecule has 0 amide bonds. The monoisotopic (exact) mass is 278 g/mol. The van der Waals surface area contributed by atoms with Gasteiger partial charge in [-0.25, -0.2) is 4.79 Å². The van der Waals surface area contributed by atoms with Gasteiger partial charge in [-0.2, -0.15) is 0 Å². The number of hydrogen-bond donors (Lipinski definition) is 3.